The number of nitrogen functional groups attached to an aromatic ring is 1. The van der Waals surface area contributed by atoms with Crippen molar-refractivity contribution in [2.24, 2.45) is 0 Å². The van der Waals surface area contributed by atoms with E-state index in [0.717, 1.165) is 12.8 Å². The van der Waals surface area contributed by atoms with E-state index in [2.05, 4.69) is 6.92 Å². The van der Waals surface area contributed by atoms with Gasteiger partial charge in [0.25, 0.3) is 5.91 Å². The molecule has 1 aromatic carbocycles. The number of hydrogen-bond donors (Lipinski definition) is 1. The van der Waals surface area contributed by atoms with Gasteiger partial charge in [0, 0.05) is 18.8 Å². The van der Waals surface area contributed by atoms with Gasteiger partial charge < -0.3 is 15.4 Å². The summed E-state index contributed by atoms with van der Waals surface area (Å²) >= 11 is 0. The lowest BCUT2D eigenvalue weighted by Gasteiger charge is -2.26. The van der Waals surface area contributed by atoms with Crippen molar-refractivity contribution in [1.29, 1.82) is 0 Å². The summed E-state index contributed by atoms with van der Waals surface area (Å²) in [4.78, 5) is 14.1. The van der Waals surface area contributed by atoms with Crippen molar-refractivity contribution in [2.75, 3.05) is 19.9 Å². The van der Waals surface area contributed by atoms with Gasteiger partial charge in [-0.05, 0) is 25.5 Å². The van der Waals surface area contributed by atoms with Crippen molar-refractivity contribution in [3.05, 3.63) is 23.8 Å². The summed E-state index contributed by atoms with van der Waals surface area (Å²) in [6.07, 6.45) is 2.01. The smallest absolute Gasteiger partial charge is 0.259 e. The summed E-state index contributed by atoms with van der Waals surface area (Å²) < 4.78 is 5.21. The number of carbonyl (C=O) groups excluding carboxylic acids is 1. The molecule has 1 aromatic rings. The Morgan fingerprint density at radius 1 is 1.50 bits per heavy atom. The number of amides is 1. The molecule has 1 atom stereocenters. The van der Waals surface area contributed by atoms with Crippen LogP contribution in [0.4, 0.5) is 5.69 Å². The fourth-order valence-electron chi connectivity index (χ4n) is 1.94. The van der Waals surface area contributed by atoms with Gasteiger partial charge in [-0.15, -0.1) is 0 Å². The van der Waals surface area contributed by atoms with Crippen molar-refractivity contribution >= 4 is 11.6 Å². The second-order valence-corrected chi connectivity index (χ2v) is 4.48. The summed E-state index contributed by atoms with van der Waals surface area (Å²) in [5.41, 5.74) is 6.79. The van der Waals surface area contributed by atoms with Gasteiger partial charge in [-0.3, -0.25) is 4.79 Å². The van der Waals surface area contributed by atoms with E-state index >= 15 is 0 Å². The van der Waals surface area contributed by atoms with E-state index < -0.39 is 0 Å². The number of anilines is 1. The SMILES string of the molecule is CCCC(C)N(C)C(=O)c1c(N)cccc1OC. The van der Waals surface area contributed by atoms with Crippen molar-refractivity contribution in [2.45, 2.75) is 32.7 Å². The Hall–Kier alpha value is -1.71. The first-order valence-corrected chi connectivity index (χ1v) is 6.22. The largest absolute Gasteiger partial charge is 0.496 e. The molecule has 0 aliphatic rings. The van der Waals surface area contributed by atoms with Crippen molar-refractivity contribution in [3.8, 4) is 5.75 Å². The average Bonchev–Trinajstić information content (AvgIpc) is 2.36. The molecule has 0 spiro atoms. The van der Waals surface area contributed by atoms with Gasteiger partial charge in [0.05, 0.1) is 7.11 Å². The van der Waals surface area contributed by atoms with Crippen LogP contribution in [0.3, 0.4) is 0 Å². The topological polar surface area (TPSA) is 55.6 Å². The van der Waals surface area contributed by atoms with Crippen LogP contribution in [0, 0.1) is 0 Å². The minimum Gasteiger partial charge on any atom is -0.496 e. The van der Waals surface area contributed by atoms with E-state index in [-0.39, 0.29) is 11.9 Å². The standard InChI is InChI=1S/C14H22N2O2/c1-5-7-10(2)16(3)14(17)13-11(15)8-6-9-12(13)18-4/h6,8-10H,5,7,15H2,1-4H3. The molecule has 0 aliphatic carbocycles. The Morgan fingerprint density at radius 3 is 2.72 bits per heavy atom. The molecule has 1 unspecified atom stereocenters. The summed E-state index contributed by atoms with van der Waals surface area (Å²) in [6.45, 7) is 4.14. The summed E-state index contributed by atoms with van der Waals surface area (Å²) in [5.74, 6) is 0.432. The molecule has 4 heteroatoms. The highest BCUT2D eigenvalue weighted by atomic mass is 16.5. The van der Waals surface area contributed by atoms with Crippen LogP contribution in [0.5, 0.6) is 5.75 Å². The lowest BCUT2D eigenvalue weighted by atomic mass is 10.1. The molecule has 0 saturated carbocycles. The second-order valence-electron chi connectivity index (χ2n) is 4.48. The van der Waals surface area contributed by atoms with Crippen LogP contribution in [0.1, 0.15) is 37.0 Å². The molecule has 0 bridgehead atoms. The van der Waals surface area contributed by atoms with E-state index in [4.69, 9.17) is 10.5 Å². The predicted octanol–water partition coefficient (Wildman–Crippen LogP) is 2.54. The summed E-state index contributed by atoms with van der Waals surface area (Å²) in [5, 5.41) is 0. The van der Waals surface area contributed by atoms with Crippen molar-refractivity contribution in [3.63, 3.8) is 0 Å². The Balaban J connectivity index is 3.03. The summed E-state index contributed by atoms with van der Waals surface area (Å²) in [6, 6.07) is 5.43. The molecular weight excluding hydrogens is 228 g/mol. The van der Waals surface area contributed by atoms with Crippen molar-refractivity contribution < 1.29 is 9.53 Å². The van der Waals surface area contributed by atoms with Crippen LogP contribution in [-0.4, -0.2) is 31.0 Å². The highest BCUT2D eigenvalue weighted by molar-refractivity contribution is 6.01. The number of rotatable bonds is 5. The molecule has 0 radical (unpaired) electrons. The lowest BCUT2D eigenvalue weighted by molar-refractivity contribution is 0.0734. The average molecular weight is 250 g/mol. The zero-order chi connectivity index (χ0) is 13.7. The van der Waals surface area contributed by atoms with Gasteiger partial charge >= 0.3 is 0 Å². The van der Waals surface area contributed by atoms with Crippen LogP contribution in [0.2, 0.25) is 0 Å². The highest BCUT2D eigenvalue weighted by Crippen LogP contribution is 2.26. The molecule has 18 heavy (non-hydrogen) atoms. The third-order valence-electron chi connectivity index (χ3n) is 3.18. The molecule has 100 valence electrons. The lowest BCUT2D eigenvalue weighted by Crippen LogP contribution is -2.35. The van der Waals surface area contributed by atoms with Crippen LogP contribution in [0.25, 0.3) is 0 Å². The van der Waals surface area contributed by atoms with E-state index in [9.17, 15) is 4.79 Å². The maximum absolute atomic E-state index is 12.4. The zero-order valence-electron chi connectivity index (χ0n) is 11.6. The van der Waals surface area contributed by atoms with Gasteiger partial charge in [0.1, 0.15) is 11.3 Å². The number of hydrogen-bond acceptors (Lipinski definition) is 3. The first kappa shape index (κ1) is 14.4. The molecule has 2 N–H and O–H groups in total. The number of nitrogens with zero attached hydrogens (tertiary/aromatic N) is 1. The molecule has 4 nitrogen and oxygen atoms in total. The van der Waals surface area contributed by atoms with E-state index in [1.165, 1.54) is 0 Å². The number of benzene rings is 1. The molecule has 0 fully saturated rings. The fraction of sp³-hybridized carbons (Fsp3) is 0.500. The van der Waals surface area contributed by atoms with Crippen LogP contribution < -0.4 is 10.5 Å². The highest BCUT2D eigenvalue weighted by Gasteiger charge is 2.22. The maximum Gasteiger partial charge on any atom is 0.259 e. The molecule has 1 rings (SSSR count). The minimum atomic E-state index is -0.0918. The predicted molar refractivity (Wildman–Crippen MR) is 73.9 cm³/mol. The Kier molecular flexibility index (Phi) is 5.01. The molecule has 0 heterocycles. The van der Waals surface area contributed by atoms with Crippen LogP contribution in [0.15, 0.2) is 18.2 Å². The molecule has 0 aliphatic heterocycles. The maximum atomic E-state index is 12.4. The van der Waals surface area contributed by atoms with Gasteiger partial charge in [0.15, 0.2) is 0 Å². The fourth-order valence-corrected chi connectivity index (χ4v) is 1.94. The van der Waals surface area contributed by atoms with Crippen LogP contribution in [-0.2, 0) is 0 Å². The molecular formula is C14H22N2O2. The molecule has 1 amide bonds. The van der Waals surface area contributed by atoms with E-state index in [0.29, 0.717) is 17.0 Å². The van der Waals surface area contributed by atoms with Gasteiger partial charge in [-0.2, -0.15) is 0 Å². The first-order chi connectivity index (χ1) is 8.52. The minimum absolute atomic E-state index is 0.0918. The second kappa shape index (κ2) is 6.28. The van der Waals surface area contributed by atoms with Crippen molar-refractivity contribution in [1.82, 2.24) is 4.90 Å². The Labute approximate surface area is 109 Å². The van der Waals surface area contributed by atoms with Gasteiger partial charge in [0.2, 0.25) is 0 Å². The van der Waals surface area contributed by atoms with E-state index in [1.54, 1.807) is 37.3 Å². The van der Waals surface area contributed by atoms with Gasteiger partial charge in [-0.1, -0.05) is 19.4 Å². The zero-order valence-corrected chi connectivity index (χ0v) is 11.6. The first-order valence-electron chi connectivity index (χ1n) is 6.22. The van der Waals surface area contributed by atoms with Crippen LogP contribution >= 0.6 is 0 Å². The molecule has 0 aromatic heterocycles. The van der Waals surface area contributed by atoms with Gasteiger partial charge in [-0.25, -0.2) is 0 Å². The Morgan fingerprint density at radius 2 is 2.17 bits per heavy atom. The number of ether oxygens (including phenoxy) is 1. The van der Waals surface area contributed by atoms with E-state index in [1.807, 2.05) is 6.92 Å². The third-order valence-corrected chi connectivity index (χ3v) is 3.18. The molecule has 0 saturated heterocycles. The summed E-state index contributed by atoms with van der Waals surface area (Å²) in [7, 11) is 3.34. The number of nitrogens with two attached hydrogens (primary N) is 1. The number of methoxy groups -OCH3 is 1. The normalized spacial score (nSPS) is 12.0. The Bertz CT molecular complexity index is 418. The monoisotopic (exact) mass is 250 g/mol. The third kappa shape index (κ3) is 2.94. The number of carbonyl (C=O) groups is 1. The quantitative estimate of drug-likeness (QED) is 0.817.